The lowest BCUT2D eigenvalue weighted by atomic mass is 10.1. The summed E-state index contributed by atoms with van der Waals surface area (Å²) in [5, 5.41) is 9.07. The minimum atomic E-state index is -0.536. The number of aryl methyl sites for hydroxylation is 1. The van der Waals surface area contributed by atoms with Gasteiger partial charge in [-0.25, -0.2) is 0 Å². The summed E-state index contributed by atoms with van der Waals surface area (Å²) in [4.78, 5) is 40.4. The summed E-state index contributed by atoms with van der Waals surface area (Å²) in [6.45, 7) is 3.78. The number of hydrogen-bond donors (Lipinski definition) is 3. The third-order valence-electron chi connectivity index (χ3n) is 6.51. The first-order valence-electron chi connectivity index (χ1n) is 13.7. The maximum atomic E-state index is 13.5. The number of rotatable bonds is 11. The van der Waals surface area contributed by atoms with E-state index in [-0.39, 0.29) is 11.6 Å². The number of methoxy groups -OCH3 is 1. The molecule has 0 spiro atoms. The summed E-state index contributed by atoms with van der Waals surface area (Å²) in [7, 11) is 1.52. The first-order chi connectivity index (χ1) is 21.2. The highest BCUT2D eigenvalue weighted by molar-refractivity contribution is 8.00. The van der Waals surface area contributed by atoms with E-state index in [1.54, 1.807) is 84.9 Å². The van der Waals surface area contributed by atoms with Gasteiger partial charge in [0.05, 0.1) is 18.0 Å². The molecule has 10 heteroatoms. The van der Waals surface area contributed by atoms with E-state index < -0.39 is 17.1 Å². The lowest BCUT2D eigenvalue weighted by Crippen LogP contribution is -2.30. The Morgan fingerprint density at radius 3 is 2.32 bits per heavy atom. The number of hydrogen-bond acceptors (Lipinski definition) is 5. The van der Waals surface area contributed by atoms with Crippen LogP contribution in [-0.4, -0.2) is 30.1 Å². The van der Waals surface area contributed by atoms with Gasteiger partial charge in [0.2, 0.25) is 5.91 Å². The Hall–Kier alpha value is -4.24. The van der Waals surface area contributed by atoms with Crippen LogP contribution < -0.4 is 20.7 Å². The van der Waals surface area contributed by atoms with Crippen LogP contribution in [0.15, 0.2) is 102 Å². The van der Waals surface area contributed by atoms with Crippen molar-refractivity contribution >= 4 is 70.1 Å². The summed E-state index contributed by atoms with van der Waals surface area (Å²) in [6, 6.07) is 26.2. The van der Waals surface area contributed by atoms with Crippen LogP contribution in [0.3, 0.4) is 0 Å². The van der Waals surface area contributed by atoms with E-state index in [1.807, 2.05) is 19.9 Å². The van der Waals surface area contributed by atoms with E-state index in [2.05, 4.69) is 16.0 Å². The zero-order chi connectivity index (χ0) is 31.6. The number of carbonyl (C=O) groups is 3. The number of benzene rings is 4. The fraction of sp³-hybridized carbons (Fsp3) is 0.147. The van der Waals surface area contributed by atoms with Gasteiger partial charge in [-0.3, -0.25) is 14.4 Å². The maximum absolute atomic E-state index is 13.5. The van der Waals surface area contributed by atoms with Gasteiger partial charge in [-0.1, -0.05) is 72.6 Å². The van der Waals surface area contributed by atoms with Gasteiger partial charge in [0, 0.05) is 32.3 Å². The Labute approximate surface area is 271 Å². The van der Waals surface area contributed by atoms with Crippen molar-refractivity contribution in [2.45, 2.75) is 30.4 Å². The normalized spacial score (nSPS) is 11.8. The van der Waals surface area contributed by atoms with E-state index in [1.165, 1.54) is 24.9 Å². The predicted molar refractivity (Wildman–Crippen MR) is 180 cm³/mol. The molecule has 0 radical (unpaired) electrons. The second kappa shape index (κ2) is 15.5. The fourth-order valence-electron chi connectivity index (χ4n) is 4.17. The molecule has 0 heterocycles. The van der Waals surface area contributed by atoms with E-state index in [4.69, 9.17) is 27.9 Å². The summed E-state index contributed by atoms with van der Waals surface area (Å²) >= 11 is 13.9. The van der Waals surface area contributed by atoms with Gasteiger partial charge in [0.25, 0.3) is 11.8 Å². The quantitative estimate of drug-likeness (QED) is 0.113. The monoisotopic (exact) mass is 647 g/mol. The van der Waals surface area contributed by atoms with Crippen molar-refractivity contribution in [2.75, 3.05) is 17.7 Å². The van der Waals surface area contributed by atoms with Crippen molar-refractivity contribution in [3.05, 3.63) is 123 Å². The minimum absolute atomic E-state index is 0.0167. The number of halogens is 2. The van der Waals surface area contributed by atoms with Crippen LogP contribution in [0.4, 0.5) is 11.4 Å². The SMILES string of the molecule is CCC(Sc1cccc(NC(=O)/C(=C\c2ccccc2Cl)NC(=O)c2ccccc2)c1)C(=O)Nc1cc(C)c(Cl)cc1OC. The van der Waals surface area contributed by atoms with Crippen molar-refractivity contribution in [3.63, 3.8) is 0 Å². The molecule has 1 unspecified atom stereocenters. The standard InChI is InChI=1S/C34H31Cl2N3O4S/c1-4-31(34(42)38-28-17-21(2)27(36)20-30(28)43-3)44-25-15-10-14-24(19-25)37-33(41)29(18-23-13-8-9-16-26(23)35)39-32(40)22-11-6-5-7-12-22/h5-20,31H,4H2,1-3H3,(H,37,41)(H,38,42)(H,39,40)/b29-18+. The number of thioether (sulfide) groups is 1. The summed E-state index contributed by atoms with van der Waals surface area (Å²) in [5.41, 5.74) is 2.83. The predicted octanol–water partition coefficient (Wildman–Crippen LogP) is 8.23. The molecular formula is C34H31Cl2N3O4S. The highest BCUT2D eigenvalue weighted by Gasteiger charge is 2.21. The Balaban J connectivity index is 1.51. The van der Waals surface area contributed by atoms with Crippen molar-refractivity contribution in [1.29, 1.82) is 0 Å². The lowest BCUT2D eigenvalue weighted by molar-refractivity contribution is -0.116. The molecule has 0 aromatic heterocycles. The molecule has 0 saturated heterocycles. The second-order valence-corrected chi connectivity index (χ2v) is 11.8. The Morgan fingerprint density at radius 2 is 1.61 bits per heavy atom. The number of nitrogens with one attached hydrogen (secondary N) is 3. The lowest BCUT2D eigenvalue weighted by Gasteiger charge is -2.18. The average molecular weight is 649 g/mol. The molecule has 226 valence electrons. The molecule has 0 fully saturated rings. The van der Waals surface area contributed by atoms with Crippen molar-refractivity contribution in [3.8, 4) is 5.75 Å². The molecule has 44 heavy (non-hydrogen) atoms. The van der Waals surface area contributed by atoms with Gasteiger partial charge in [0.15, 0.2) is 0 Å². The fourth-order valence-corrected chi connectivity index (χ4v) is 5.52. The van der Waals surface area contributed by atoms with Gasteiger partial charge in [0.1, 0.15) is 11.4 Å². The Bertz CT molecular complexity index is 1700. The Kier molecular flexibility index (Phi) is 11.5. The van der Waals surface area contributed by atoms with Crippen molar-refractivity contribution in [2.24, 2.45) is 0 Å². The average Bonchev–Trinajstić information content (AvgIpc) is 3.02. The van der Waals surface area contributed by atoms with Crippen LogP contribution >= 0.6 is 35.0 Å². The number of ether oxygens (including phenoxy) is 1. The summed E-state index contributed by atoms with van der Waals surface area (Å²) in [5.74, 6) is -0.696. The van der Waals surface area contributed by atoms with Crippen LogP contribution in [0.2, 0.25) is 10.0 Å². The zero-order valence-corrected chi connectivity index (χ0v) is 26.6. The van der Waals surface area contributed by atoms with Crippen LogP contribution in [0.1, 0.15) is 34.8 Å². The molecule has 0 bridgehead atoms. The van der Waals surface area contributed by atoms with E-state index in [0.717, 1.165) is 10.5 Å². The zero-order valence-electron chi connectivity index (χ0n) is 24.3. The molecule has 0 aliphatic heterocycles. The first kappa shape index (κ1) is 32.7. The van der Waals surface area contributed by atoms with Gasteiger partial charge in [-0.15, -0.1) is 11.8 Å². The summed E-state index contributed by atoms with van der Waals surface area (Å²) in [6.07, 6.45) is 2.08. The van der Waals surface area contributed by atoms with Crippen LogP contribution in [-0.2, 0) is 9.59 Å². The first-order valence-corrected chi connectivity index (χ1v) is 15.4. The van der Waals surface area contributed by atoms with Crippen molar-refractivity contribution in [1.82, 2.24) is 5.32 Å². The largest absolute Gasteiger partial charge is 0.495 e. The van der Waals surface area contributed by atoms with Crippen LogP contribution in [0.25, 0.3) is 6.08 Å². The van der Waals surface area contributed by atoms with Crippen LogP contribution in [0.5, 0.6) is 5.75 Å². The van der Waals surface area contributed by atoms with Gasteiger partial charge in [-0.2, -0.15) is 0 Å². The highest BCUT2D eigenvalue weighted by atomic mass is 35.5. The summed E-state index contributed by atoms with van der Waals surface area (Å²) < 4.78 is 5.39. The molecule has 1 atom stereocenters. The van der Waals surface area contributed by atoms with E-state index >= 15 is 0 Å². The van der Waals surface area contributed by atoms with Gasteiger partial charge < -0.3 is 20.7 Å². The third kappa shape index (κ3) is 8.66. The number of carbonyl (C=O) groups excluding carboxylic acids is 3. The molecule has 3 N–H and O–H groups in total. The maximum Gasteiger partial charge on any atom is 0.272 e. The molecule has 0 saturated carbocycles. The molecule has 4 aromatic rings. The molecule has 0 aliphatic carbocycles. The molecule has 7 nitrogen and oxygen atoms in total. The van der Waals surface area contributed by atoms with Gasteiger partial charge in [-0.05, 0) is 73.0 Å². The van der Waals surface area contributed by atoms with Crippen LogP contribution in [0, 0.1) is 6.92 Å². The van der Waals surface area contributed by atoms with Crippen molar-refractivity contribution < 1.29 is 19.1 Å². The second-order valence-electron chi connectivity index (χ2n) is 9.69. The number of amides is 3. The van der Waals surface area contributed by atoms with E-state index in [0.29, 0.717) is 44.7 Å². The van der Waals surface area contributed by atoms with E-state index in [9.17, 15) is 14.4 Å². The van der Waals surface area contributed by atoms with Gasteiger partial charge >= 0.3 is 0 Å². The third-order valence-corrected chi connectivity index (χ3v) is 8.62. The highest BCUT2D eigenvalue weighted by Crippen LogP contribution is 2.33. The smallest absolute Gasteiger partial charge is 0.272 e. The number of anilines is 2. The molecule has 3 amide bonds. The Morgan fingerprint density at radius 1 is 0.886 bits per heavy atom. The molecule has 0 aliphatic rings. The minimum Gasteiger partial charge on any atom is -0.495 e. The topological polar surface area (TPSA) is 96.5 Å². The molecule has 4 aromatic carbocycles. The molecular weight excluding hydrogens is 617 g/mol. The molecule has 4 rings (SSSR count).